The Hall–Kier alpha value is -6.59. The van der Waals surface area contributed by atoms with Gasteiger partial charge in [0, 0.05) is 51.0 Å². The van der Waals surface area contributed by atoms with Gasteiger partial charge in [0.1, 0.15) is 11.6 Å². The molecule has 3 heterocycles. The molecule has 274 valence electrons. The molecule has 0 fully saturated rings. The highest BCUT2D eigenvalue weighted by Crippen LogP contribution is 2.44. The number of aromatic hydroxyl groups is 1. The van der Waals surface area contributed by atoms with Crippen LogP contribution in [0.5, 0.6) is 5.75 Å². The average Bonchev–Trinajstić information content (AvgIpc) is 3.60. The zero-order chi connectivity index (χ0) is 38.8. The lowest BCUT2D eigenvalue weighted by Crippen LogP contribution is -2.12. The zero-order valence-electron chi connectivity index (χ0n) is 32.7. The first-order chi connectivity index (χ1) is 27.0. The Morgan fingerprint density at radius 1 is 0.518 bits per heavy atom. The van der Waals surface area contributed by atoms with Gasteiger partial charge in [-0.25, -0.2) is 4.98 Å². The summed E-state index contributed by atoms with van der Waals surface area (Å²) in [5.41, 5.74) is 13.9. The summed E-state index contributed by atoms with van der Waals surface area (Å²) in [5.74, 6) is 0.991. The molecule has 5 nitrogen and oxygen atoms in total. The summed E-state index contributed by atoms with van der Waals surface area (Å²) in [6.45, 7) is 13.5. The minimum Gasteiger partial charge on any atom is -0.507 e. The number of fused-ring (bicyclic) bond motifs is 3. The van der Waals surface area contributed by atoms with Crippen molar-refractivity contribution in [3.63, 3.8) is 0 Å². The Morgan fingerprint density at radius 3 is 2.04 bits per heavy atom. The SMILES string of the molecule is CC(C)(C)c1ccc(-n2c(-c3cccc(-c4cc(C(C)(C)C)cc5cccnc45)c3)nc3c(-c4c(O)ccc5ncccc45)cccc32)c(-c2ccccc2)c1. The highest BCUT2D eigenvalue weighted by molar-refractivity contribution is 6.06. The smallest absolute Gasteiger partial charge is 0.145 e. The van der Waals surface area contributed by atoms with E-state index in [-0.39, 0.29) is 16.6 Å². The van der Waals surface area contributed by atoms with Crippen LogP contribution in [0.2, 0.25) is 0 Å². The van der Waals surface area contributed by atoms with Crippen LogP contribution in [0.3, 0.4) is 0 Å². The Kier molecular flexibility index (Phi) is 8.35. The topological polar surface area (TPSA) is 63.8 Å². The van der Waals surface area contributed by atoms with E-state index in [1.54, 1.807) is 12.3 Å². The number of pyridine rings is 2. The van der Waals surface area contributed by atoms with E-state index in [0.717, 1.165) is 77.7 Å². The molecule has 0 atom stereocenters. The van der Waals surface area contributed by atoms with E-state index in [1.807, 2.05) is 30.5 Å². The molecule has 9 rings (SSSR count). The summed E-state index contributed by atoms with van der Waals surface area (Å²) in [6, 6.07) is 48.6. The first-order valence-corrected chi connectivity index (χ1v) is 19.2. The van der Waals surface area contributed by atoms with Crippen molar-refractivity contribution in [3.8, 4) is 56.2 Å². The van der Waals surface area contributed by atoms with Gasteiger partial charge < -0.3 is 5.11 Å². The molecular formula is C51H44N4O. The number of hydrogen-bond acceptors (Lipinski definition) is 4. The van der Waals surface area contributed by atoms with E-state index in [1.165, 1.54) is 11.1 Å². The normalized spacial score (nSPS) is 12.2. The number of phenolic OH excluding ortho intramolecular Hbond substituents is 1. The monoisotopic (exact) mass is 728 g/mol. The summed E-state index contributed by atoms with van der Waals surface area (Å²) in [4.78, 5) is 15.1. The third kappa shape index (κ3) is 6.10. The fourth-order valence-corrected chi connectivity index (χ4v) is 7.88. The molecule has 6 aromatic carbocycles. The van der Waals surface area contributed by atoms with Gasteiger partial charge in [0.2, 0.25) is 0 Å². The van der Waals surface area contributed by atoms with E-state index in [2.05, 4.69) is 160 Å². The highest BCUT2D eigenvalue weighted by atomic mass is 16.3. The number of rotatable bonds is 5. The predicted molar refractivity (Wildman–Crippen MR) is 232 cm³/mol. The van der Waals surface area contributed by atoms with Crippen molar-refractivity contribution in [2.75, 3.05) is 0 Å². The maximum absolute atomic E-state index is 11.5. The summed E-state index contributed by atoms with van der Waals surface area (Å²) in [5, 5.41) is 13.5. The molecule has 0 radical (unpaired) electrons. The molecule has 3 aromatic heterocycles. The third-order valence-corrected chi connectivity index (χ3v) is 10.9. The van der Waals surface area contributed by atoms with Gasteiger partial charge >= 0.3 is 0 Å². The standard InChI is InChI=1S/C51H44N4O/c1-50(2,3)36-22-24-43(40(30-36)32-14-8-7-9-15-32)55-44-21-11-19-39(46-38-20-13-26-52-42(38)23-25-45(46)56)48(44)54-49(55)35-17-10-16-33(28-35)41-31-37(51(4,5)6)29-34-18-12-27-53-47(34)41/h7-31,56H,1-6H3. The molecule has 1 N–H and O–H groups in total. The van der Waals surface area contributed by atoms with E-state index < -0.39 is 0 Å². The number of para-hydroxylation sites is 1. The maximum Gasteiger partial charge on any atom is 0.145 e. The number of hydrogen-bond donors (Lipinski definition) is 1. The number of aromatic nitrogens is 4. The first kappa shape index (κ1) is 35.1. The van der Waals surface area contributed by atoms with Gasteiger partial charge in [-0.05, 0) is 93.7 Å². The summed E-state index contributed by atoms with van der Waals surface area (Å²) >= 11 is 0. The largest absolute Gasteiger partial charge is 0.507 e. The Morgan fingerprint density at radius 2 is 1.23 bits per heavy atom. The Balaban J connectivity index is 1.36. The maximum atomic E-state index is 11.5. The van der Waals surface area contributed by atoms with Gasteiger partial charge in [-0.3, -0.25) is 14.5 Å². The lowest BCUT2D eigenvalue weighted by Gasteiger charge is -2.23. The van der Waals surface area contributed by atoms with Crippen LogP contribution in [0.15, 0.2) is 152 Å². The molecule has 0 unspecified atom stereocenters. The molecular weight excluding hydrogens is 685 g/mol. The summed E-state index contributed by atoms with van der Waals surface area (Å²) in [6.07, 6.45) is 3.66. The summed E-state index contributed by atoms with van der Waals surface area (Å²) < 4.78 is 2.30. The van der Waals surface area contributed by atoms with Gasteiger partial charge in [0.25, 0.3) is 0 Å². The van der Waals surface area contributed by atoms with Crippen LogP contribution in [-0.2, 0) is 10.8 Å². The Bertz CT molecular complexity index is 2950. The number of benzene rings is 6. The van der Waals surface area contributed by atoms with Gasteiger partial charge in [-0.2, -0.15) is 0 Å². The average molecular weight is 729 g/mol. The second-order valence-corrected chi connectivity index (χ2v) is 16.8. The minimum absolute atomic E-state index is 0.0451. The van der Waals surface area contributed by atoms with E-state index in [0.29, 0.717) is 5.56 Å². The van der Waals surface area contributed by atoms with Crippen molar-refractivity contribution < 1.29 is 5.11 Å². The third-order valence-electron chi connectivity index (χ3n) is 10.9. The van der Waals surface area contributed by atoms with Gasteiger partial charge in [0.15, 0.2) is 0 Å². The Labute approximate surface area is 328 Å². The fourth-order valence-electron chi connectivity index (χ4n) is 7.88. The lowest BCUT2D eigenvalue weighted by atomic mass is 9.84. The molecule has 0 aliphatic carbocycles. The molecule has 0 bridgehead atoms. The second-order valence-electron chi connectivity index (χ2n) is 16.8. The van der Waals surface area contributed by atoms with Crippen LogP contribution >= 0.6 is 0 Å². The van der Waals surface area contributed by atoms with Crippen LogP contribution < -0.4 is 0 Å². The van der Waals surface area contributed by atoms with Crippen molar-refractivity contribution in [2.45, 2.75) is 52.4 Å². The van der Waals surface area contributed by atoms with Crippen LogP contribution in [0.4, 0.5) is 0 Å². The fraction of sp³-hybridized carbons (Fsp3) is 0.157. The lowest BCUT2D eigenvalue weighted by molar-refractivity contribution is 0.478. The van der Waals surface area contributed by atoms with E-state index >= 15 is 0 Å². The quantitative estimate of drug-likeness (QED) is 0.192. The first-order valence-electron chi connectivity index (χ1n) is 19.2. The van der Waals surface area contributed by atoms with Gasteiger partial charge in [0.05, 0.1) is 27.8 Å². The van der Waals surface area contributed by atoms with Crippen LogP contribution in [-0.4, -0.2) is 24.6 Å². The summed E-state index contributed by atoms with van der Waals surface area (Å²) in [7, 11) is 0. The van der Waals surface area contributed by atoms with Crippen molar-refractivity contribution in [1.82, 2.24) is 19.5 Å². The van der Waals surface area contributed by atoms with Crippen LogP contribution in [0, 0.1) is 0 Å². The van der Waals surface area contributed by atoms with E-state index in [9.17, 15) is 5.11 Å². The molecule has 0 spiro atoms. The van der Waals surface area contributed by atoms with E-state index in [4.69, 9.17) is 9.97 Å². The second kappa shape index (κ2) is 13.3. The molecule has 5 heteroatoms. The molecule has 0 aliphatic rings. The van der Waals surface area contributed by atoms with Crippen molar-refractivity contribution >= 4 is 32.8 Å². The number of nitrogens with zero attached hydrogens (tertiary/aromatic N) is 4. The van der Waals surface area contributed by atoms with Crippen molar-refractivity contribution in [3.05, 3.63) is 163 Å². The van der Waals surface area contributed by atoms with Gasteiger partial charge in [-0.15, -0.1) is 0 Å². The van der Waals surface area contributed by atoms with Crippen molar-refractivity contribution in [2.24, 2.45) is 0 Å². The molecule has 0 saturated heterocycles. The molecule has 9 aromatic rings. The molecule has 0 saturated carbocycles. The number of phenols is 1. The molecule has 0 amide bonds. The van der Waals surface area contributed by atoms with Crippen LogP contribution in [0.1, 0.15) is 52.7 Å². The number of imidazole rings is 1. The van der Waals surface area contributed by atoms with Crippen molar-refractivity contribution in [1.29, 1.82) is 0 Å². The van der Waals surface area contributed by atoms with Crippen LogP contribution in [0.25, 0.3) is 83.3 Å². The minimum atomic E-state index is -0.0538. The van der Waals surface area contributed by atoms with Gasteiger partial charge in [-0.1, -0.05) is 120 Å². The molecule has 0 aliphatic heterocycles. The highest BCUT2D eigenvalue weighted by Gasteiger charge is 2.25. The predicted octanol–water partition coefficient (Wildman–Crippen LogP) is 13.1. The molecule has 56 heavy (non-hydrogen) atoms. The zero-order valence-corrected chi connectivity index (χ0v) is 32.7.